The van der Waals surface area contributed by atoms with Crippen LogP contribution in [-0.2, 0) is 16.6 Å². The normalized spacial score (nSPS) is 29.3. The second kappa shape index (κ2) is 5.38. The number of hydrogen-bond acceptors (Lipinski definition) is 3. The Hall–Kier alpha value is -1.81. The number of hydrogen-bond donors (Lipinski definition) is 1. The lowest BCUT2D eigenvalue weighted by Crippen LogP contribution is -2.47. The molecule has 1 fully saturated rings. The number of fused-ring (bicyclic) bond motifs is 6. The number of aromatic nitrogens is 1. The maximum absolute atomic E-state index is 12.7. The van der Waals surface area contributed by atoms with E-state index < -0.39 is 0 Å². The molecule has 4 atom stereocenters. The molecule has 1 saturated heterocycles. The molecule has 4 nitrogen and oxygen atoms in total. The first-order chi connectivity index (χ1) is 11.2. The van der Waals surface area contributed by atoms with Gasteiger partial charge >= 0.3 is 5.97 Å². The van der Waals surface area contributed by atoms with Crippen LogP contribution in [0.15, 0.2) is 24.3 Å². The Morgan fingerprint density at radius 2 is 2.17 bits per heavy atom. The summed E-state index contributed by atoms with van der Waals surface area (Å²) in [4.78, 5) is 12.7. The van der Waals surface area contributed by atoms with Crippen LogP contribution in [0.4, 0.5) is 0 Å². The Bertz CT molecular complexity index is 764. The monoisotopic (exact) mass is 312 g/mol. The maximum atomic E-state index is 12.7. The number of para-hydroxylation sites is 1. The fourth-order valence-electron chi connectivity index (χ4n) is 4.88. The zero-order valence-electron chi connectivity index (χ0n) is 14.0. The number of benzene rings is 1. The fraction of sp³-hybridized carbons (Fsp3) is 0.526. The van der Waals surface area contributed by atoms with Gasteiger partial charge in [0.1, 0.15) is 0 Å². The number of rotatable bonds is 2. The SMILES string of the molecule is CC[C@H]1CN[C@H]2C[C@@H]1[C@@H](C(=O)OC)c1c2n(C)c2ccccc12. The second-order valence-corrected chi connectivity index (χ2v) is 6.90. The van der Waals surface area contributed by atoms with E-state index in [9.17, 15) is 4.79 Å². The summed E-state index contributed by atoms with van der Waals surface area (Å²) in [6.07, 6.45) is 2.12. The van der Waals surface area contributed by atoms with E-state index in [-0.39, 0.29) is 11.9 Å². The maximum Gasteiger partial charge on any atom is 0.313 e. The number of carbonyl (C=O) groups excluding carboxylic acids is 1. The highest BCUT2D eigenvalue weighted by Crippen LogP contribution is 2.51. The third kappa shape index (κ3) is 1.97. The number of methoxy groups -OCH3 is 1. The summed E-state index contributed by atoms with van der Waals surface area (Å²) in [6.45, 7) is 3.21. The van der Waals surface area contributed by atoms with Crippen LogP contribution >= 0.6 is 0 Å². The molecule has 1 aliphatic heterocycles. The molecule has 2 aromatic rings. The molecule has 0 amide bonds. The van der Waals surface area contributed by atoms with Crippen molar-refractivity contribution in [1.82, 2.24) is 9.88 Å². The average Bonchev–Trinajstić information content (AvgIpc) is 2.89. The van der Waals surface area contributed by atoms with Gasteiger partial charge < -0.3 is 14.6 Å². The first kappa shape index (κ1) is 14.8. The number of piperidine rings is 1. The Balaban J connectivity index is 1.99. The van der Waals surface area contributed by atoms with Gasteiger partial charge in [0.25, 0.3) is 0 Å². The van der Waals surface area contributed by atoms with Crippen LogP contribution < -0.4 is 5.32 Å². The van der Waals surface area contributed by atoms with Crippen LogP contribution in [-0.4, -0.2) is 24.2 Å². The van der Waals surface area contributed by atoms with Crippen molar-refractivity contribution < 1.29 is 9.53 Å². The molecule has 0 radical (unpaired) electrons. The number of nitrogens with one attached hydrogen (secondary N) is 1. The summed E-state index contributed by atoms with van der Waals surface area (Å²) in [5.74, 6) is 0.690. The highest BCUT2D eigenvalue weighted by Gasteiger charge is 2.47. The number of aryl methyl sites for hydroxylation is 1. The molecule has 4 rings (SSSR count). The minimum absolute atomic E-state index is 0.0774. The fourth-order valence-corrected chi connectivity index (χ4v) is 4.88. The van der Waals surface area contributed by atoms with Crippen molar-refractivity contribution in [2.75, 3.05) is 13.7 Å². The van der Waals surface area contributed by atoms with E-state index in [1.54, 1.807) is 0 Å². The van der Waals surface area contributed by atoms with E-state index in [1.165, 1.54) is 29.3 Å². The topological polar surface area (TPSA) is 43.3 Å². The molecule has 2 aliphatic rings. The lowest BCUT2D eigenvalue weighted by Gasteiger charge is -2.44. The van der Waals surface area contributed by atoms with E-state index in [0.717, 1.165) is 19.4 Å². The number of esters is 1. The van der Waals surface area contributed by atoms with Gasteiger partial charge in [-0.3, -0.25) is 4.79 Å². The van der Waals surface area contributed by atoms with Crippen molar-refractivity contribution >= 4 is 16.9 Å². The van der Waals surface area contributed by atoms with Crippen molar-refractivity contribution in [2.45, 2.75) is 31.7 Å². The molecule has 1 aliphatic carbocycles. The largest absolute Gasteiger partial charge is 0.469 e. The Morgan fingerprint density at radius 1 is 1.39 bits per heavy atom. The summed E-state index contributed by atoms with van der Waals surface area (Å²) in [6, 6.07) is 8.76. The van der Waals surface area contributed by atoms with E-state index >= 15 is 0 Å². The molecular formula is C19H24N2O2. The summed E-state index contributed by atoms with van der Waals surface area (Å²) in [5, 5.41) is 4.92. The van der Waals surface area contributed by atoms with E-state index in [0.29, 0.717) is 17.9 Å². The van der Waals surface area contributed by atoms with Gasteiger partial charge in [-0.2, -0.15) is 0 Å². The summed E-state index contributed by atoms with van der Waals surface area (Å²) in [5.41, 5.74) is 3.67. The van der Waals surface area contributed by atoms with Gasteiger partial charge in [-0.15, -0.1) is 0 Å². The van der Waals surface area contributed by atoms with Gasteiger partial charge in [0.2, 0.25) is 0 Å². The quantitative estimate of drug-likeness (QED) is 0.867. The number of carbonyl (C=O) groups is 1. The van der Waals surface area contributed by atoms with Crippen molar-refractivity contribution in [1.29, 1.82) is 0 Å². The molecule has 0 unspecified atom stereocenters. The van der Waals surface area contributed by atoms with Crippen LogP contribution in [0.3, 0.4) is 0 Å². The molecule has 0 spiro atoms. The van der Waals surface area contributed by atoms with E-state index in [2.05, 4.69) is 48.1 Å². The van der Waals surface area contributed by atoms with Crippen molar-refractivity contribution in [2.24, 2.45) is 18.9 Å². The molecule has 1 aromatic heterocycles. The molecule has 4 heteroatoms. The minimum atomic E-state index is -0.135. The van der Waals surface area contributed by atoms with E-state index in [4.69, 9.17) is 4.74 Å². The zero-order valence-corrected chi connectivity index (χ0v) is 14.0. The first-order valence-electron chi connectivity index (χ1n) is 8.55. The average molecular weight is 312 g/mol. The molecule has 122 valence electrons. The van der Waals surface area contributed by atoms with Crippen LogP contribution in [0.25, 0.3) is 10.9 Å². The highest BCUT2D eigenvalue weighted by molar-refractivity contribution is 5.92. The number of nitrogens with zero attached hydrogens (tertiary/aromatic N) is 1. The van der Waals surface area contributed by atoms with E-state index in [1.807, 2.05) is 0 Å². The first-order valence-corrected chi connectivity index (χ1v) is 8.55. The third-order valence-electron chi connectivity index (χ3n) is 5.98. The Morgan fingerprint density at radius 3 is 2.91 bits per heavy atom. The van der Waals surface area contributed by atoms with Crippen molar-refractivity contribution in [3.63, 3.8) is 0 Å². The van der Waals surface area contributed by atoms with Gasteiger partial charge in [-0.1, -0.05) is 31.5 Å². The van der Waals surface area contributed by atoms with Gasteiger partial charge in [-0.05, 0) is 36.4 Å². The van der Waals surface area contributed by atoms with Crippen LogP contribution in [0.2, 0.25) is 0 Å². The van der Waals surface area contributed by atoms with Crippen molar-refractivity contribution in [3.8, 4) is 0 Å². The predicted molar refractivity (Wildman–Crippen MR) is 90.3 cm³/mol. The predicted octanol–water partition coefficient (Wildman–Crippen LogP) is 3.13. The summed E-state index contributed by atoms with van der Waals surface area (Å²) < 4.78 is 7.49. The minimum Gasteiger partial charge on any atom is -0.469 e. The summed E-state index contributed by atoms with van der Waals surface area (Å²) in [7, 11) is 3.63. The lowest BCUT2D eigenvalue weighted by molar-refractivity contribution is -0.145. The van der Waals surface area contributed by atoms with Gasteiger partial charge in [0, 0.05) is 29.7 Å². The molecule has 1 aromatic carbocycles. The zero-order chi connectivity index (χ0) is 16.1. The highest BCUT2D eigenvalue weighted by atomic mass is 16.5. The third-order valence-corrected chi connectivity index (χ3v) is 5.98. The molecule has 0 saturated carbocycles. The van der Waals surface area contributed by atoms with Crippen LogP contribution in [0.1, 0.15) is 43.0 Å². The lowest BCUT2D eigenvalue weighted by atomic mass is 9.66. The number of ether oxygens (including phenoxy) is 1. The smallest absolute Gasteiger partial charge is 0.313 e. The van der Waals surface area contributed by atoms with Gasteiger partial charge in [-0.25, -0.2) is 0 Å². The van der Waals surface area contributed by atoms with Gasteiger partial charge in [0.15, 0.2) is 0 Å². The van der Waals surface area contributed by atoms with Gasteiger partial charge in [0.05, 0.1) is 13.0 Å². The molecule has 1 N–H and O–H groups in total. The Labute approximate surface area is 136 Å². The molecule has 2 heterocycles. The van der Waals surface area contributed by atoms with Crippen molar-refractivity contribution in [3.05, 3.63) is 35.5 Å². The molecular weight excluding hydrogens is 288 g/mol. The molecule has 23 heavy (non-hydrogen) atoms. The second-order valence-electron chi connectivity index (χ2n) is 6.90. The molecule has 2 bridgehead atoms. The Kier molecular flexibility index (Phi) is 3.45. The van der Waals surface area contributed by atoms with Crippen LogP contribution in [0.5, 0.6) is 0 Å². The van der Waals surface area contributed by atoms with Crippen LogP contribution in [0, 0.1) is 11.8 Å². The standard InChI is InChI=1S/C19H24N2O2/c1-4-11-10-20-14-9-13(11)17(19(22)23-3)16-12-7-5-6-8-15(12)21(2)18(14)16/h5-8,11,13-14,17,20H,4,9-10H2,1-3H3/t11-,13-,14-,17+/m0/s1. The summed E-state index contributed by atoms with van der Waals surface area (Å²) >= 11 is 0.